The number of fused-ring (bicyclic) bond motifs is 1. The predicted octanol–water partition coefficient (Wildman–Crippen LogP) is 3.37. The summed E-state index contributed by atoms with van der Waals surface area (Å²) in [6.07, 6.45) is -2.54. The Hall–Kier alpha value is -1.61. The Bertz CT molecular complexity index is 704. The van der Waals surface area contributed by atoms with E-state index in [1.54, 1.807) is 20.8 Å². The SMILES string of the molecule is CCS[C@@H]1O[C@@H]2COC(c3ccccc3)O[C@H]2[C@H](OC(=O)C(C)(C)C)/C1=N/O. The third-order valence-electron chi connectivity index (χ3n) is 4.54. The lowest BCUT2D eigenvalue weighted by Crippen LogP contribution is -2.60. The van der Waals surface area contributed by atoms with Crippen molar-refractivity contribution in [1.29, 1.82) is 0 Å². The van der Waals surface area contributed by atoms with Crippen LogP contribution in [-0.2, 0) is 23.7 Å². The van der Waals surface area contributed by atoms with Crippen LogP contribution in [0.5, 0.6) is 0 Å². The molecule has 7 nitrogen and oxygen atoms in total. The average molecular weight is 410 g/mol. The molecule has 0 saturated carbocycles. The number of oxime groups is 1. The molecule has 3 rings (SSSR count). The number of rotatable bonds is 4. The van der Waals surface area contributed by atoms with E-state index in [1.807, 2.05) is 37.3 Å². The van der Waals surface area contributed by atoms with E-state index in [9.17, 15) is 10.0 Å². The fourth-order valence-electron chi connectivity index (χ4n) is 3.05. The summed E-state index contributed by atoms with van der Waals surface area (Å²) in [6, 6.07) is 9.52. The van der Waals surface area contributed by atoms with Gasteiger partial charge in [-0.1, -0.05) is 42.4 Å². The second kappa shape index (κ2) is 8.82. The zero-order valence-corrected chi connectivity index (χ0v) is 17.3. The molecular formula is C20H27NO6S. The van der Waals surface area contributed by atoms with Crippen LogP contribution >= 0.6 is 11.8 Å². The first-order valence-corrected chi connectivity index (χ1v) is 10.4. The number of benzene rings is 1. The van der Waals surface area contributed by atoms with Gasteiger partial charge in [0.15, 0.2) is 12.4 Å². The number of esters is 1. The second-order valence-corrected chi connectivity index (χ2v) is 9.08. The molecule has 2 aliphatic rings. The Morgan fingerprint density at radius 1 is 1.29 bits per heavy atom. The van der Waals surface area contributed by atoms with Gasteiger partial charge in [-0.25, -0.2) is 0 Å². The fraction of sp³-hybridized carbons (Fsp3) is 0.600. The van der Waals surface area contributed by atoms with Crippen molar-refractivity contribution in [2.75, 3.05) is 12.4 Å². The lowest BCUT2D eigenvalue weighted by molar-refractivity contribution is -0.286. The van der Waals surface area contributed by atoms with Gasteiger partial charge >= 0.3 is 5.97 Å². The van der Waals surface area contributed by atoms with Crippen LogP contribution in [0.3, 0.4) is 0 Å². The van der Waals surface area contributed by atoms with E-state index in [-0.39, 0.29) is 12.3 Å². The summed E-state index contributed by atoms with van der Waals surface area (Å²) in [5.74, 6) is 0.348. The predicted molar refractivity (Wildman–Crippen MR) is 105 cm³/mol. The molecule has 1 aromatic rings. The van der Waals surface area contributed by atoms with Crippen LogP contribution in [0.2, 0.25) is 0 Å². The Morgan fingerprint density at radius 3 is 2.61 bits per heavy atom. The quantitative estimate of drug-likeness (QED) is 0.463. The van der Waals surface area contributed by atoms with Gasteiger partial charge in [0.05, 0.1) is 12.0 Å². The smallest absolute Gasteiger partial charge is 0.311 e. The minimum Gasteiger partial charge on any atom is -0.453 e. The third-order valence-corrected chi connectivity index (χ3v) is 5.53. The summed E-state index contributed by atoms with van der Waals surface area (Å²) >= 11 is 1.46. The maximum absolute atomic E-state index is 12.6. The lowest BCUT2D eigenvalue weighted by atomic mass is 9.95. The summed E-state index contributed by atoms with van der Waals surface area (Å²) in [5, 5.41) is 13.1. The van der Waals surface area contributed by atoms with Gasteiger partial charge in [-0.15, -0.1) is 11.8 Å². The van der Waals surface area contributed by atoms with Gasteiger partial charge in [0.1, 0.15) is 23.4 Å². The number of hydrogen-bond acceptors (Lipinski definition) is 8. The molecule has 1 unspecified atom stereocenters. The van der Waals surface area contributed by atoms with E-state index in [0.29, 0.717) is 0 Å². The lowest BCUT2D eigenvalue weighted by Gasteiger charge is -2.45. The van der Waals surface area contributed by atoms with E-state index < -0.39 is 41.4 Å². The number of hydrogen-bond donors (Lipinski definition) is 1. The van der Waals surface area contributed by atoms with Crippen LogP contribution in [0.15, 0.2) is 35.5 Å². The van der Waals surface area contributed by atoms with Gasteiger partial charge in [-0.2, -0.15) is 0 Å². The molecule has 28 heavy (non-hydrogen) atoms. The maximum atomic E-state index is 12.6. The van der Waals surface area contributed by atoms with Gasteiger partial charge in [0.25, 0.3) is 0 Å². The molecule has 0 spiro atoms. The Kier molecular flexibility index (Phi) is 6.65. The third kappa shape index (κ3) is 4.51. The molecule has 2 saturated heterocycles. The number of nitrogens with zero attached hydrogens (tertiary/aromatic N) is 1. The summed E-state index contributed by atoms with van der Waals surface area (Å²) in [6.45, 7) is 7.59. The monoisotopic (exact) mass is 409 g/mol. The highest BCUT2D eigenvalue weighted by Crippen LogP contribution is 2.37. The summed E-state index contributed by atoms with van der Waals surface area (Å²) in [5.41, 5.74) is -0.130. The van der Waals surface area contributed by atoms with Gasteiger partial charge in [0.2, 0.25) is 0 Å². The first kappa shape index (κ1) is 21.1. The van der Waals surface area contributed by atoms with Crippen LogP contribution in [-0.4, -0.2) is 53.0 Å². The van der Waals surface area contributed by atoms with Crippen molar-refractivity contribution in [3.63, 3.8) is 0 Å². The maximum Gasteiger partial charge on any atom is 0.311 e. The molecule has 0 aliphatic carbocycles. The zero-order chi connectivity index (χ0) is 20.3. The van der Waals surface area contributed by atoms with E-state index in [0.717, 1.165) is 11.3 Å². The molecule has 8 heteroatoms. The van der Waals surface area contributed by atoms with E-state index in [2.05, 4.69) is 5.16 Å². The van der Waals surface area contributed by atoms with Crippen LogP contribution in [0.25, 0.3) is 0 Å². The minimum atomic E-state index is -0.852. The molecular weight excluding hydrogens is 382 g/mol. The topological polar surface area (TPSA) is 86.6 Å². The highest BCUT2D eigenvalue weighted by Gasteiger charge is 2.51. The van der Waals surface area contributed by atoms with E-state index in [4.69, 9.17) is 18.9 Å². The van der Waals surface area contributed by atoms with Crippen molar-refractivity contribution >= 4 is 23.4 Å². The number of ether oxygens (including phenoxy) is 4. The Labute approximate surface area is 169 Å². The molecule has 0 aromatic heterocycles. The van der Waals surface area contributed by atoms with Crippen LogP contribution in [0.1, 0.15) is 39.5 Å². The van der Waals surface area contributed by atoms with Crippen LogP contribution in [0.4, 0.5) is 0 Å². The molecule has 154 valence electrons. The van der Waals surface area contributed by atoms with E-state index in [1.165, 1.54) is 11.8 Å². The van der Waals surface area contributed by atoms with Crippen molar-refractivity contribution in [3.05, 3.63) is 35.9 Å². The molecule has 0 radical (unpaired) electrons. The molecule has 2 fully saturated rings. The minimum absolute atomic E-state index is 0.249. The molecule has 2 heterocycles. The van der Waals surface area contributed by atoms with Crippen molar-refractivity contribution in [3.8, 4) is 0 Å². The second-order valence-electron chi connectivity index (χ2n) is 7.74. The molecule has 0 amide bonds. The van der Waals surface area contributed by atoms with Gasteiger partial charge in [-0.3, -0.25) is 4.79 Å². The average Bonchev–Trinajstić information content (AvgIpc) is 2.68. The summed E-state index contributed by atoms with van der Waals surface area (Å²) < 4.78 is 23.8. The Balaban J connectivity index is 1.88. The van der Waals surface area contributed by atoms with Crippen molar-refractivity contribution in [2.45, 2.75) is 57.7 Å². The van der Waals surface area contributed by atoms with Crippen molar-refractivity contribution in [1.82, 2.24) is 0 Å². The van der Waals surface area contributed by atoms with Crippen LogP contribution < -0.4 is 0 Å². The molecule has 5 atom stereocenters. The summed E-state index contributed by atoms with van der Waals surface area (Å²) in [7, 11) is 0. The highest BCUT2D eigenvalue weighted by atomic mass is 32.2. The van der Waals surface area contributed by atoms with E-state index >= 15 is 0 Å². The molecule has 1 N–H and O–H groups in total. The summed E-state index contributed by atoms with van der Waals surface area (Å²) in [4.78, 5) is 12.6. The molecule has 1 aromatic carbocycles. The van der Waals surface area contributed by atoms with Crippen molar-refractivity contribution < 1.29 is 28.9 Å². The zero-order valence-electron chi connectivity index (χ0n) is 16.5. The number of thioether (sulfide) groups is 1. The van der Waals surface area contributed by atoms with Crippen LogP contribution in [0, 0.1) is 5.41 Å². The number of carbonyl (C=O) groups is 1. The molecule has 0 bridgehead atoms. The highest BCUT2D eigenvalue weighted by molar-refractivity contribution is 8.00. The molecule has 2 aliphatic heterocycles. The van der Waals surface area contributed by atoms with Gasteiger partial charge < -0.3 is 24.2 Å². The first-order valence-electron chi connectivity index (χ1n) is 9.37. The fourth-order valence-corrected chi connectivity index (χ4v) is 3.92. The number of carbonyl (C=O) groups excluding carboxylic acids is 1. The first-order chi connectivity index (χ1) is 13.3. The largest absolute Gasteiger partial charge is 0.453 e. The Morgan fingerprint density at radius 2 is 2.00 bits per heavy atom. The standard InChI is InChI=1S/C20H27NO6S/c1-5-28-18-14(21-23)16(27-19(22)20(2,3)4)15-13(25-18)11-24-17(26-15)12-9-7-6-8-10-12/h6-10,13,15-18,23H,5,11H2,1-4H3/b21-14-/t13-,15-,16-,17?,18+/m1/s1. The van der Waals surface area contributed by atoms with Crippen molar-refractivity contribution in [2.24, 2.45) is 10.6 Å². The van der Waals surface area contributed by atoms with Gasteiger partial charge in [0, 0.05) is 5.56 Å². The normalized spacial score (nSPS) is 32.0. The van der Waals surface area contributed by atoms with Gasteiger partial charge in [-0.05, 0) is 26.5 Å².